The molecular formula is C31H45N6O3S+. The second-order valence-electron chi connectivity index (χ2n) is 11.9. The third-order valence-corrected chi connectivity index (χ3v) is 8.17. The summed E-state index contributed by atoms with van der Waals surface area (Å²) in [5, 5.41) is 17.5. The van der Waals surface area contributed by atoms with Crippen LogP contribution in [-0.2, 0) is 5.41 Å². The molecule has 41 heavy (non-hydrogen) atoms. The molecule has 1 fully saturated rings. The molecular weight excluding hydrogens is 536 g/mol. The maximum Gasteiger partial charge on any atom is 0.385 e. The van der Waals surface area contributed by atoms with Crippen molar-refractivity contribution in [1.29, 1.82) is 0 Å². The molecule has 1 aliphatic carbocycles. The SMILES string of the molecule is COc1c(NSC)cc(C(C)(C)C)cc1NC(=O)c1ccc(C)c(N2C=C(C(O)=[NH+]CC3CCCCC3)N(C)N2)c1. The predicted octanol–water partition coefficient (Wildman–Crippen LogP) is 4.87. The molecule has 1 saturated carbocycles. The minimum atomic E-state index is -0.244. The first-order valence-electron chi connectivity index (χ1n) is 14.3. The van der Waals surface area contributed by atoms with Gasteiger partial charge in [-0.1, -0.05) is 58.0 Å². The summed E-state index contributed by atoms with van der Waals surface area (Å²) in [6.45, 7) is 9.17. The number of methoxy groups -OCH3 is 1. The molecule has 0 aromatic heterocycles. The molecule has 0 spiro atoms. The number of hydrogen-bond donors (Lipinski definition) is 5. The molecule has 0 saturated heterocycles. The largest absolute Gasteiger partial charge is 0.492 e. The van der Waals surface area contributed by atoms with Crippen LogP contribution in [0.1, 0.15) is 74.4 Å². The van der Waals surface area contributed by atoms with E-state index in [1.165, 1.54) is 44.1 Å². The van der Waals surface area contributed by atoms with Crippen LogP contribution >= 0.6 is 11.9 Å². The molecule has 9 nitrogen and oxygen atoms in total. The first kappa shape index (κ1) is 30.6. The van der Waals surface area contributed by atoms with Gasteiger partial charge in [-0.3, -0.25) is 14.8 Å². The molecule has 0 atom stereocenters. The fraction of sp³-hybridized carbons (Fsp3) is 0.484. The number of aryl methyl sites for hydroxylation is 1. The quantitative estimate of drug-likeness (QED) is 0.162. The highest BCUT2D eigenvalue weighted by atomic mass is 32.2. The highest BCUT2D eigenvalue weighted by Crippen LogP contribution is 2.40. The smallest absolute Gasteiger partial charge is 0.385 e. The Morgan fingerprint density at radius 3 is 2.54 bits per heavy atom. The first-order valence-corrected chi connectivity index (χ1v) is 15.5. The molecule has 0 unspecified atom stereocenters. The molecule has 2 aromatic rings. The van der Waals surface area contributed by atoms with Gasteiger partial charge in [0.15, 0.2) is 11.4 Å². The molecule has 1 heterocycles. The fourth-order valence-corrected chi connectivity index (χ4v) is 5.66. The van der Waals surface area contributed by atoms with Crippen molar-refractivity contribution in [3.8, 4) is 5.75 Å². The van der Waals surface area contributed by atoms with E-state index >= 15 is 0 Å². The summed E-state index contributed by atoms with van der Waals surface area (Å²) in [6, 6.07) is 9.62. The number of anilines is 3. The van der Waals surface area contributed by atoms with Crippen molar-refractivity contribution in [3.05, 3.63) is 58.9 Å². The van der Waals surface area contributed by atoms with Crippen molar-refractivity contribution in [1.82, 2.24) is 10.5 Å². The number of aliphatic hydroxyl groups excluding tert-OH is 1. The van der Waals surface area contributed by atoms with Gasteiger partial charge in [0, 0.05) is 24.8 Å². The minimum Gasteiger partial charge on any atom is -0.492 e. The summed E-state index contributed by atoms with van der Waals surface area (Å²) in [6.07, 6.45) is 10.0. The van der Waals surface area contributed by atoms with Gasteiger partial charge in [-0.2, -0.15) is 0 Å². The van der Waals surface area contributed by atoms with E-state index in [0.717, 1.165) is 29.0 Å². The molecule has 0 radical (unpaired) electrons. The molecule has 2 aromatic carbocycles. The molecule has 222 valence electrons. The van der Waals surface area contributed by atoms with E-state index < -0.39 is 0 Å². The Labute approximate surface area is 248 Å². The van der Waals surface area contributed by atoms with E-state index in [-0.39, 0.29) is 17.2 Å². The van der Waals surface area contributed by atoms with Crippen LogP contribution in [0.2, 0.25) is 0 Å². The van der Waals surface area contributed by atoms with Crippen LogP contribution in [0.15, 0.2) is 42.2 Å². The van der Waals surface area contributed by atoms with Gasteiger partial charge in [0.2, 0.25) is 0 Å². The molecule has 1 aliphatic heterocycles. The number of hydrazine groups is 2. The Morgan fingerprint density at radius 2 is 1.88 bits per heavy atom. The van der Waals surface area contributed by atoms with Gasteiger partial charge in [0.1, 0.15) is 6.54 Å². The van der Waals surface area contributed by atoms with Gasteiger partial charge >= 0.3 is 5.90 Å². The zero-order chi connectivity index (χ0) is 29.7. The summed E-state index contributed by atoms with van der Waals surface area (Å²) in [5.41, 5.74) is 8.54. The van der Waals surface area contributed by atoms with Crippen molar-refractivity contribution in [3.63, 3.8) is 0 Å². The van der Waals surface area contributed by atoms with Crippen molar-refractivity contribution in [2.45, 2.75) is 65.2 Å². The second kappa shape index (κ2) is 13.1. The molecule has 10 heteroatoms. The molecule has 4 rings (SSSR count). The maximum absolute atomic E-state index is 13.6. The normalized spacial score (nSPS) is 16.6. The lowest BCUT2D eigenvalue weighted by Gasteiger charge is -2.24. The fourth-order valence-electron chi connectivity index (χ4n) is 5.28. The summed E-state index contributed by atoms with van der Waals surface area (Å²) >= 11 is 1.47. The predicted molar refractivity (Wildman–Crippen MR) is 169 cm³/mol. The molecule has 0 bridgehead atoms. The lowest BCUT2D eigenvalue weighted by Crippen LogP contribution is -2.75. The molecule has 1 amide bonds. The summed E-state index contributed by atoms with van der Waals surface area (Å²) in [5.74, 6) is 1.07. The standard InChI is InChI=1S/C31H44N6O3S/c1-20-13-14-22(29(38)33-24-16-23(31(2,3)4)17-25(34-41-7)28(24)40-6)15-26(20)37-19-27(36(5)35-37)30(39)32-18-21-11-9-8-10-12-21/h13-17,19,21,34-35H,8-12,18H2,1-7H3,(H,32,39)(H,33,38)/p+1. The number of carbonyl (C=O) groups is 1. The number of carbonyl (C=O) groups excluding carboxylic acids is 1. The zero-order valence-corrected chi connectivity index (χ0v) is 26.2. The number of amides is 1. The lowest BCUT2D eigenvalue weighted by atomic mass is 9.86. The number of hydrogen-bond acceptors (Lipinski definition) is 7. The van der Waals surface area contributed by atoms with Crippen molar-refractivity contribution in [2.75, 3.05) is 42.0 Å². The maximum atomic E-state index is 13.6. The van der Waals surface area contributed by atoms with Crippen LogP contribution in [0.3, 0.4) is 0 Å². The van der Waals surface area contributed by atoms with Crippen LogP contribution < -0.4 is 30.3 Å². The van der Waals surface area contributed by atoms with Crippen LogP contribution in [0, 0.1) is 12.8 Å². The Hall–Kier alpha value is -3.37. The van der Waals surface area contributed by atoms with Gasteiger partial charge in [0.25, 0.3) is 5.91 Å². The van der Waals surface area contributed by atoms with Crippen molar-refractivity contribution < 1.29 is 19.6 Å². The van der Waals surface area contributed by atoms with Crippen molar-refractivity contribution >= 4 is 40.8 Å². The number of benzene rings is 2. The first-order chi connectivity index (χ1) is 19.5. The monoisotopic (exact) mass is 581 g/mol. The number of aliphatic hydroxyl groups is 1. The third kappa shape index (κ3) is 7.29. The number of nitrogens with zero attached hydrogens (tertiary/aromatic N) is 2. The van der Waals surface area contributed by atoms with Crippen molar-refractivity contribution in [2.24, 2.45) is 5.92 Å². The topological polar surface area (TPSA) is 103 Å². The summed E-state index contributed by atoms with van der Waals surface area (Å²) in [4.78, 5) is 16.8. The lowest BCUT2D eigenvalue weighted by molar-refractivity contribution is -0.476. The number of rotatable bonds is 9. The Morgan fingerprint density at radius 1 is 1.17 bits per heavy atom. The van der Waals surface area contributed by atoms with Crippen LogP contribution in [0.5, 0.6) is 5.75 Å². The Bertz CT molecular complexity index is 1310. The Balaban J connectivity index is 1.57. The molecule has 5 N–H and O–H groups in total. The average molecular weight is 582 g/mol. The Kier molecular flexibility index (Phi) is 9.76. The highest BCUT2D eigenvalue weighted by molar-refractivity contribution is 7.99. The van der Waals surface area contributed by atoms with Crippen LogP contribution in [0.25, 0.3) is 0 Å². The number of ether oxygens (including phenoxy) is 1. The van der Waals surface area contributed by atoms with E-state index in [2.05, 4.69) is 47.4 Å². The van der Waals surface area contributed by atoms with Gasteiger partial charge < -0.3 is 19.9 Å². The van der Waals surface area contributed by atoms with E-state index in [4.69, 9.17) is 4.74 Å². The van der Waals surface area contributed by atoms with Gasteiger partial charge in [-0.25, -0.2) is 4.99 Å². The van der Waals surface area contributed by atoms with Gasteiger partial charge in [-0.05, 0) is 60.6 Å². The van der Waals surface area contributed by atoms with E-state index in [9.17, 15) is 9.90 Å². The van der Waals surface area contributed by atoms with Crippen LogP contribution in [0.4, 0.5) is 17.1 Å². The summed E-state index contributed by atoms with van der Waals surface area (Å²) in [7, 11) is 3.46. The van der Waals surface area contributed by atoms with E-state index in [1.807, 2.05) is 55.7 Å². The highest BCUT2D eigenvalue weighted by Gasteiger charge is 2.28. The zero-order valence-electron chi connectivity index (χ0n) is 25.4. The van der Waals surface area contributed by atoms with Gasteiger partial charge in [0.05, 0.1) is 30.4 Å². The number of nitrogens with one attached hydrogen (secondary N) is 4. The minimum absolute atomic E-state index is 0.122. The molecule has 2 aliphatic rings. The van der Waals surface area contributed by atoms with Gasteiger partial charge in [-0.15, -0.1) is 5.53 Å². The number of likely N-dealkylation sites (N-methyl/N-ethyl adjacent to an activating group) is 1. The third-order valence-electron chi connectivity index (χ3n) is 7.75. The van der Waals surface area contributed by atoms with E-state index in [1.54, 1.807) is 12.1 Å². The van der Waals surface area contributed by atoms with E-state index in [0.29, 0.717) is 28.6 Å². The summed E-state index contributed by atoms with van der Waals surface area (Å²) < 4.78 is 8.99. The second-order valence-corrected chi connectivity index (χ2v) is 12.5. The average Bonchev–Trinajstić information content (AvgIpc) is 3.33. The van der Waals surface area contributed by atoms with Crippen LogP contribution in [-0.4, -0.2) is 48.9 Å².